The minimum atomic E-state index is -0.0354. The summed E-state index contributed by atoms with van der Waals surface area (Å²) in [5, 5.41) is 3.05. The number of pyridine rings is 1. The van der Waals surface area contributed by atoms with Gasteiger partial charge in [-0.15, -0.1) is 0 Å². The molecular weight excluding hydrogens is 298 g/mol. The van der Waals surface area contributed by atoms with Crippen molar-refractivity contribution in [2.75, 3.05) is 5.32 Å². The van der Waals surface area contributed by atoms with Crippen molar-refractivity contribution in [3.63, 3.8) is 0 Å². The maximum Gasteiger partial charge on any atom is 0.230 e. The molecule has 3 rings (SSSR count). The summed E-state index contributed by atoms with van der Waals surface area (Å²) in [5.74, 6) is 0.381. The van der Waals surface area contributed by atoms with Gasteiger partial charge in [0.15, 0.2) is 0 Å². The third-order valence-electron chi connectivity index (χ3n) is 4.45. The number of rotatable bonds is 5. The highest BCUT2D eigenvalue weighted by Crippen LogP contribution is 2.26. The van der Waals surface area contributed by atoms with E-state index >= 15 is 0 Å². The van der Waals surface area contributed by atoms with Gasteiger partial charge >= 0.3 is 0 Å². The zero-order chi connectivity index (χ0) is 17.1. The number of hydrogen-bond donors (Lipinski definition) is 1. The van der Waals surface area contributed by atoms with Gasteiger partial charge in [0, 0.05) is 18.1 Å². The Kier molecular flexibility index (Phi) is 4.65. The largest absolute Gasteiger partial charge is 0.325 e. The molecule has 1 unspecified atom stereocenters. The minimum Gasteiger partial charge on any atom is -0.325 e. The first kappa shape index (κ1) is 16.2. The molecule has 2 aromatic heterocycles. The van der Waals surface area contributed by atoms with Crippen LogP contribution >= 0.6 is 0 Å². The van der Waals surface area contributed by atoms with Gasteiger partial charge in [-0.2, -0.15) is 0 Å². The number of nitrogens with one attached hydrogen (secondary N) is 1. The van der Waals surface area contributed by atoms with Crippen LogP contribution < -0.4 is 5.32 Å². The number of para-hydroxylation sites is 1. The zero-order valence-electron chi connectivity index (χ0n) is 14.4. The monoisotopic (exact) mass is 321 g/mol. The van der Waals surface area contributed by atoms with Crippen LogP contribution in [0.15, 0.2) is 48.8 Å². The number of benzene rings is 1. The van der Waals surface area contributed by atoms with Gasteiger partial charge in [0.1, 0.15) is 5.65 Å². The summed E-state index contributed by atoms with van der Waals surface area (Å²) in [6.45, 7) is 6.35. The topological polar surface area (TPSA) is 46.4 Å². The lowest BCUT2D eigenvalue weighted by molar-refractivity contribution is -0.115. The predicted molar refractivity (Wildman–Crippen MR) is 97.4 cm³/mol. The zero-order valence-corrected chi connectivity index (χ0v) is 14.4. The van der Waals surface area contributed by atoms with E-state index in [1.807, 2.05) is 54.0 Å². The van der Waals surface area contributed by atoms with Crippen molar-refractivity contribution >= 4 is 17.2 Å². The molecule has 0 spiro atoms. The quantitative estimate of drug-likeness (QED) is 0.760. The average molecular weight is 321 g/mol. The molecule has 1 N–H and O–H groups in total. The minimum absolute atomic E-state index is 0.0354. The van der Waals surface area contributed by atoms with E-state index in [-0.39, 0.29) is 12.3 Å². The van der Waals surface area contributed by atoms with Gasteiger partial charge in [0.05, 0.1) is 12.1 Å². The van der Waals surface area contributed by atoms with Crippen molar-refractivity contribution in [2.45, 2.75) is 39.5 Å². The number of carbonyl (C=O) groups excluding carboxylic acids is 1. The molecule has 4 nitrogen and oxygen atoms in total. The van der Waals surface area contributed by atoms with E-state index in [1.54, 1.807) is 0 Å². The first-order valence-corrected chi connectivity index (χ1v) is 8.40. The normalized spacial score (nSPS) is 12.3. The van der Waals surface area contributed by atoms with Crippen molar-refractivity contribution in [1.29, 1.82) is 0 Å². The van der Waals surface area contributed by atoms with Crippen molar-refractivity contribution in [1.82, 2.24) is 9.38 Å². The Morgan fingerprint density at radius 3 is 2.79 bits per heavy atom. The Balaban J connectivity index is 1.77. The van der Waals surface area contributed by atoms with Crippen LogP contribution in [0.5, 0.6) is 0 Å². The van der Waals surface area contributed by atoms with Gasteiger partial charge in [-0.25, -0.2) is 4.98 Å². The van der Waals surface area contributed by atoms with Crippen LogP contribution in [0.3, 0.4) is 0 Å². The number of aromatic nitrogens is 2. The number of hydrogen-bond acceptors (Lipinski definition) is 2. The summed E-state index contributed by atoms with van der Waals surface area (Å²) in [5.41, 5.74) is 4.87. The van der Waals surface area contributed by atoms with Crippen molar-refractivity contribution in [3.05, 3.63) is 65.6 Å². The lowest BCUT2D eigenvalue weighted by Crippen LogP contribution is -2.16. The summed E-state index contributed by atoms with van der Waals surface area (Å²) in [4.78, 5) is 17.0. The molecule has 1 amide bonds. The number of anilines is 1. The van der Waals surface area contributed by atoms with Gasteiger partial charge in [-0.05, 0) is 42.5 Å². The second-order valence-electron chi connectivity index (χ2n) is 6.28. The molecule has 1 aromatic carbocycles. The Morgan fingerprint density at radius 2 is 2.04 bits per heavy atom. The molecule has 3 aromatic rings. The molecule has 124 valence electrons. The van der Waals surface area contributed by atoms with Crippen LogP contribution in [0.4, 0.5) is 5.69 Å². The van der Waals surface area contributed by atoms with E-state index in [1.165, 1.54) is 5.56 Å². The van der Waals surface area contributed by atoms with Crippen molar-refractivity contribution in [2.24, 2.45) is 0 Å². The summed E-state index contributed by atoms with van der Waals surface area (Å²) in [6, 6.07) is 12.0. The highest BCUT2D eigenvalue weighted by Gasteiger charge is 2.13. The van der Waals surface area contributed by atoms with Gasteiger partial charge in [0.2, 0.25) is 5.91 Å². The Labute approximate surface area is 142 Å². The number of nitrogens with zero attached hydrogens (tertiary/aromatic N) is 2. The molecule has 2 heterocycles. The first-order valence-electron chi connectivity index (χ1n) is 8.40. The highest BCUT2D eigenvalue weighted by atomic mass is 16.1. The standard InChI is InChI=1S/C20H23N3O/c1-4-14(2)17-9-5-6-10-18(17)22-19(24)12-16-13-23-11-7-8-15(3)20(23)21-16/h5-11,13-14H,4,12H2,1-3H3,(H,22,24). The molecule has 0 fully saturated rings. The molecule has 0 aliphatic rings. The lowest BCUT2D eigenvalue weighted by atomic mass is 9.97. The number of carbonyl (C=O) groups is 1. The van der Waals surface area contributed by atoms with Gasteiger partial charge < -0.3 is 9.72 Å². The number of aryl methyl sites for hydroxylation is 1. The van der Waals surface area contributed by atoms with Gasteiger partial charge in [-0.1, -0.05) is 38.1 Å². The van der Waals surface area contributed by atoms with Crippen LogP contribution in [0, 0.1) is 6.92 Å². The fraction of sp³-hybridized carbons (Fsp3) is 0.300. The predicted octanol–water partition coefficient (Wildman–Crippen LogP) is 4.34. The number of amides is 1. The lowest BCUT2D eigenvalue weighted by Gasteiger charge is -2.15. The summed E-state index contributed by atoms with van der Waals surface area (Å²) >= 11 is 0. The van der Waals surface area contributed by atoms with Crippen LogP contribution in [-0.4, -0.2) is 15.3 Å². The number of fused-ring (bicyclic) bond motifs is 1. The van der Waals surface area contributed by atoms with Gasteiger partial charge in [-0.3, -0.25) is 4.79 Å². The average Bonchev–Trinajstić information content (AvgIpc) is 2.98. The van der Waals surface area contributed by atoms with Crippen LogP contribution in [0.1, 0.15) is 43.0 Å². The molecule has 0 saturated carbocycles. The fourth-order valence-electron chi connectivity index (χ4n) is 2.91. The van der Waals surface area contributed by atoms with E-state index in [4.69, 9.17) is 0 Å². The summed E-state index contributed by atoms with van der Waals surface area (Å²) < 4.78 is 1.96. The molecule has 0 radical (unpaired) electrons. The Morgan fingerprint density at radius 1 is 1.25 bits per heavy atom. The molecule has 0 aliphatic carbocycles. The Bertz CT molecular complexity index is 866. The SMILES string of the molecule is CCC(C)c1ccccc1NC(=O)Cc1cn2cccc(C)c2n1. The van der Waals surface area contributed by atoms with Crippen LogP contribution in [0.2, 0.25) is 0 Å². The molecule has 0 aliphatic heterocycles. The third-order valence-corrected chi connectivity index (χ3v) is 4.45. The first-order chi connectivity index (χ1) is 11.6. The van der Waals surface area contributed by atoms with Crippen molar-refractivity contribution < 1.29 is 4.79 Å². The van der Waals surface area contributed by atoms with Crippen molar-refractivity contribution in [3.8, 4) is 0 Å². The molecule has 24 heavy (non-hydrogen) atoms. The molecule has 4 heteroatoms. The number of imidazole rings is 1. The maximum absolute atomic E-state index is 12.4. The van der Waals surface area contributed by atoms with E-state index < -0.39 is 0 Å². The molecular formula is C20H23N3O. The van der Waals surface area contributed by atoms with E-state index in [9.17, 15) is 4.79 Å². The van der Waals surface area contributed by atoms with Gasteiger partial charge in [0.25, 0.3) is 0 Å². The molecule has 0 bridgehead atoms. The van der Waals surface area contributed by atoms with Crippen LogP contribution in [-0.2, 0) is 11.2 Å². The second kappa shape index (κ2) is 6.87. The van der Waals surface area contributed by atoms with E-state index in [2.05, 4.69) is 30.2 Å². The fourth-order valence-corrected chi connectivity index (χ4v) is 2.91. The van der Waals surface area contributed by atoms with Crippen LogP contribution in [0.25, 0.3) is 5.65 Å². The smallest absolute Gasteiger partial charge is 0.230 e. The molecule has 0 saturated heterocycles. The maximum atomic E-state index is 12.4. The summed E-state index contributed by atoms with van der Waals surface area (Å²) in [7, 11) is 0. The Hall–Kier alpha value is -2.62. The third kappa shape index (κ3) is 3.32. The van der Waals surface area contributed by atoms with E-state index in [0.717, 1.165) is 29.0 Å². The molecule has 1 atom stereocenters. The van der Waals surface area contributed by atoms with E-state index in [0.29, 0.717) is 5.92 Å². The second-order valence-corrected chi connectivity index (χ2v) is 6.28. The summed E-state index contributed by atoms with van der Waals surface area (Å²) in [6.07, 6.45) is 5.19. The highest BCUT2D eigenvalue weighted by molar-refractivity contribution is 5.93.